The summed E-state index contributed by atoms with van der Waals surface area (Å²) in [6.07, 6.45) is 1.85. The highest BCUT2D eigenvalue weighted by Gasteiger charge is 2.19. The monoisotopic (exact) mass is 316 g/mol. The molecule has 6 heteroatoms. The fourth-order valence-corrected chi connectivity index (χ4v) is 3.42. The Morgan fingerprint density at radius 2 is 1.86 bits per heavy atom. The van der Waals surface area contributed by atoms with Crippen molar-refractivity contribution < 1.29 is 12.8 Å². The van der Waals surface area contributed by atoms with Crippen molar-refractivity contribution in [3.05, 3.63) is 29.1 Å². The van der Waals surface area contributed by atoms with E-state index in [0.717, 1.165) is 12.8 Å². The molecule has 0 saturated heterocycles. The van der Waals surface area contributed by atoms with Gasteiger partial charge in [0.05, 0.1) is 4.90 Å². The van der Waals surface area contributed by atoms with Crippen molar-refractivity contribution in [2.24, 2.45) is 5.92 Å². The van der Waals surface area contributed by atoms with Crippen molar-refractivity contribution in [1.29, 1.82) is 0 Å². The van der Waals surface area contributed by atoms with Gasteiger partial charge >= 0.3 is 0 Å². The van der Waals surface area contributed by atoms with E-state index in [1.54, 1.807) is 14.0 Å². The van der Waals surface area contributed by atoms with Crippen molar-refractivity contribution in [2.45, 2.75) is 45.1 Å². The molecule has 0 saturated carbocycles. The minimum absolute atomic E-state index is 0.123. The highest BCUT2D eigenvalue weighted by molar-refractivity contribution is 7.89. The Morgan fingerprint density at radius 1 is 1.24 bits per heavy atom. The number of hydrogen-bond acceptors (Lipinski definition) is 3. The molecule has 0 bridgehead atoms. The summed E-state index contributed by atoms with van der Waals surface area (Å²) < 4.78 is 41.2. The molecule has 0 fully saturated rings. The van der Waals surface area contributed by atoms with Gasteiger partial charge in [0.2, 0.25) is 10.0 Å². The number of benzene rings is 1. The molecule has 0 atom stereocenters. The first-order chi connectivity index (χ1) is 9.85. The molecule has 0 aliphatic rings. The Labute approximate surface area is 127 Å². The fraction of sp³-hybridized carbons (Fsp3) is 0.600. The molecule has 0 aliphatic heterocycles. The topological polar surface area (TPSA) is 58.2 Å². The van der Waals surface area contributed by atoms with Gasteiger partial charge in [-0.2, -0.15) is 0 Å². The number of hydrogen-bond donors (Lipinski definition) is 2. The molecule has 0 radical (unpaired) electrons. The molecule has 0 spiro atoms. The van der Waals surface area contributed by atoms with Gasteiger partial charge in [-0.25, -0.2) is 17.5 Å². The van der Waals surface area contributed by atoms with E-state index in [4.69, 9.17) is 0 Å². The molecular weight excluding hydrogens is 291 g/mol. The number of sulfonamides is 1. The highest BCUT2D eigenvalue weighted by Crippen LogP contribution is 2.19. The van der Waals surface area contributed by atoms with Gasteiger partial charge in [0, 0.05) is 18.7 Å². The van der Waals surface area contributed by atoms with Crippen molar-refractivity contribution in [3.63, 3.8) is 0 Å². The number of nitrogens with one attached hydrogen (secondary N) is 2. The Kier molecular flexibility index (Phi) is 6.77. The van der Waals surface area contributed by atoms with Crippen molar-refractivity contribution in [1.82, 2.24) is 10.0 Å². The molecule has 0 heterocycles. The standard InChI is InChI=1S/C15H25FN2O2S/c1-5-12(6-2)9-18-21(19,20)14-7-11(3)15(16)13(8-14)10-17-4/h7-8,12,17-18H,5-6,9-10H2,1-4H3. The molecule has 21 heavy (non-hydrogen) atoms. The third-order valence-corrected chi connectivity index (χ3v) is 5.10. The van der Waals surface area contributed by atoms with Crippen LogP contribution in [0.25, 0.3) is 0 Å². The number of halogens is 1. The van der Waals surface area contributed by atoms with E-state index in [0.29, 0.717) is 30.1 Å². The quantitative estimate of drug-likeness (QED) is 0.775. The molecule has 1 aromatic carbocycles. The summed E-state index contributed by atoms with van der Waals surface area (Å²) in [7, 11) is -1.90. The van der Waals surface area contributed by atoms with E-state index in [2.05, 4.69) is 10.0 Å². The predicted molar refractivity (Wildman–Crippen MR) is 83.2 cm³/mol. The van der Waals surface area contributed by atoms with Crippen LogP contribution in [0.15, 0.2) is 17.0 Å². The van der Waals surface area contributed by atoms with Crippen molar-refractivity contribution in [3.8, 4) is 0 Å². The molecule has 0 aromatic heterocycles. The van der Waals surface area contributed by atoms with E-state index in [9.17, 15) is 12.8 Å². The van der Waals surface area contributed by atoms with Crippen molar-refractivity contribution >= 4 is 10.0 Å². The molecule has 4 nitrogen and oxygen atoms in total. The Bertz CT molecular complexity index is 569. The zero-order valence-electron chi connectivity index (χ0n) is 13.2. The van der Waals surface area contributed by atoms with Crippen LogP contribution in [0.4, 0.5) is 4.39 Å². The Balaban J connectivity index is 3.02. The lowest BCUT2D eigenvalue weighted by molar-refractivity contribution is 0.478. The van der Waals surface area contributed by atoms with Crippen LogP contribution in [0.1, 0.15) is 37.8 Å². The summed E-state index contributed by atoms with van der Waals surface area (Å²) >= 11 is 0. The SMILES string of the molecule is CCC(CC)CNS(=O)(=O)c1cc(C)c(F)c(CNC)c1. The maximum atomic E-state index is 13.9. The first-order valence-electron chi connectivity index (χ1n) is 7.28. The minimum Gasteiger partial charge on any atom is -0.316 e. The maximum absolute atomic E-state index is 13.9. The van der Waals surface area contributed by atoms with Crippen molar-refractivity contribution in [2.75, 3.05) is 13.6 Å². The van der Waals surface area contributed by atoms with Crippen LogP contribution in [0.5, 0.6) is 0 Å². The molecule has 1 rings (SSSR count). The van der Waals surface area contributed by atoms with Gasteiger partial charge in [-0.05, 0) is 37.6 Å². The van der Waals surface area contributed by atoms with Crippen LogP contribution in [0.2, 0.25) is 0 Å². The first-order valence-corrected chi connectivity index (χ1v) is 8.77. The molecule has 120 valence electrons. The number of rotatable bonds is 8. The average molecular weight is 316 g/mol. The largest absolute Gasteiger partial charge is 0.316 e. The van der Waals surface area contributed by atoms with Crippen LogP contribution in [-0.4, -0.2) is 22.0 Å². The lowest BCUT2D eigenvalue weighted by atomic mass is 10.0. The molecular formula is C15H25FN2O2S. The van der Waals surface area contributed by atoms with E-state index >= 15 is 0 Å². The smallest absolute Gasteiger partial charge is 0.240 e. The van der Waals surface area contributed by atoms with Gasteiger partial charge in [-0.3, -0.25) is 0 Å². The van der Waals surface area contributed by atoms with Gasteiger partial charge in [0.15, 0.2) is 0 Å². The third kappa shape index (κ3) is 4.76. The Morgan fingerprint density at radius 3 is 2.38 bits per heavy atom. The Hall–Kier alpha value is -0.980. The fourth-order valence-electron chi connectivity index (χ4n) is 2.17. The third-order valence-electron chi connectivity index (χ3n) is 3.70. The van der Waals surface area contributed by atoms with Crippen LogP contribution in [0, 0.1) is 18.7 Å². The van der Waals surface area contributed by atoms with Gasteiger partial charge in [0.25, 0.3) is 0 Å². The molecule has 1 aromatic rings. The first kappa shape index (κ1) is 18.1. The zero-order chi connectivity index (χ0) is 16.0. The normalized spacial score (nSPS) is 12.1. The maximum Gasteiger partial charge on any atom is 0.240 e. The highest BCUT2D eigenvalue weighted by atomic mass is 32.2. The summed E-state index contributed by atoms with van der Waals surface area (Å²) in [5, 5.41) is 2.84. The van der Waals surface area contributed by atoms with E-state index in [1.165, 1.54) is 12.1 Å². The lowest BCUT2D eigenvalue weighted by Crippen LogP contribution is -2.29. The van der Waals surface area contributed by atoms with Crippen LogP contribution >= 0.6 is 0 Å². The van der Waals surface area contributed by atoms with E-state index < -0.39 is 10.0 Å². The molecule has 0 unspecified atom stereocenters. The lowest BCUT2D eigenvalue weighted by Gasteiger charge is -2.15. The van der Waals surface area contributed by atoms with E-state index in [-0.39, 0.29) is 10.7 Å². The second kappa shape index (κ2) is 7.87. The van der Waals surface area contributed by atoms with Crippen LogP contribution in [-0.2, 0) is 16.6 Å². The van der Waals surface area contributed by atoms with E-state index in [1.807, 2.05) is 13.8 Å². The van der Waals surface area contributed by atoms with Crippen LogP contribution < -0.4 is 10.0 Å². The predicted octanol–water partition coefficient (Wildman–Crippen LogP) is 2.57. The average Bonchev–Trinajstić information content (AvgIpc) is 2.44. The van der Waals surface area contributed by atoms with Gasteiger partial charge in [-0.15, -0.1) is 0 Å². The number of aryl methyl sites for hydroxylation is 1. The molecule has 2 N–H and O–H groups in total. The molecule has 0 aliphatic carbocycles. The molecule has 0 amide bonds. The van der Waals surface area contributed by atoms with Crippen LogP contribution in [0.3, 0.4) is 0 Å². The second-order valence-electron chi connectivity index (χ2n) is 5.28. The minimum atomic E-state index is -3.60. The van der Waals surface area contributed by atoms with Gasteiger partial charge < -0.3 is 5.32 Å². The zero-order valence-corrected chi connectivity index (χ0v) is 14.0. The summed E-state index contributed by atoms with van der Waals surface area (Å²) in [6.45, 7) is 6.36. The van der Waals surface area contributed by atoms with Gasteiger partial charge in [-0.1, -0.05) is 26.7 Å². The summed E-state index contributed by atoms with van der Waals surface area (Å²) in [6, 6.07) is 2.78. The van der Waals surface area contributed by atoms with Gasteiger partial charge in [0.1, 0.15) is 5.82 Å². The summed E-state index contributed by atoms with van der Waals surface area (Å²) in [5.41, 5.74) is 0.700. The second-order valence-corrected chi connectivity index (χ2v) is 7.04. The summed E-state index contributed by atoms with van der Waals surface area (Å²) in [5.74, 6) is -0.0404. The summed E-state index contributed by atoms with van der Waals surface area (Å²) in [4.78, 5) is 0.123.